The maximum absolute atomic E-state index is 12.8. The van der Waals surface area contributed by atoms with E-state index in [0.29, 0.717) is 32.2 Å². The standard InChI is InChI=1S/C23H26BrN5O4S/c1-25-22(30)16-12-17-20(13-18(16)24)27-23(31)21(17)19-5-4-15(14-26-19)34(32,33)11-3-6-29-9-7-28(2)8-10-29/h3-6,12-14,27,31H,7-11H2,1-2H3,(H,25,30). The third kappa shape index (κ3) is 4.96. The average Bonchev–Trinajstić information content (AvgIpc) is 3.13. The lowest BCUT2D eigenvalue weighted by Crippen LogP contribution is -2.41. The summed E-state index contributed by atoms with van der Waals surface area (Å²) in [4.78, 5) is 23.8. The summed E-state index contributed by atoms with van der Waals surface area (Å²) in [6.07, 6.45) is 4.81. The number of nitrogens with zero attached hydrogens (tertiary/aromatic N) is 3. The molecule has 180 valence electrons. The molecule has 2 aromatic heterocycles. The van der Waals surface area contributed by atoms with E-state index < -0.39 is 9.84 Å². The van der Waals surface area contributed by atoms with E-state index in [0.717, 1.165) is 26.2 Å². The lowest BCUT2D eigenvalue weighted by molar-refractivity contribution is 0.0962. The molecule has 1 fully saturated rings. The summed E-state index contributed by atoms with van der Waals surface area (Å²) in [7, 11) is 0.0518. The van der Waals surface area contributed by atoms with Crippen molar-refractivity contribution in [1.29, 1.82) is 0 Å². The van der Waals surface area contributed by atoms with Gasteiger partial charge in [-0.1, -0.05) is 6.08 Å². The number of pyridine rings is 1. The number of aromatic hydroxyl groups is 1. The average molecular weight is 548 g/mol. The van der Waals surface area contributed by atoms with Crippen LogP contribution in [0.3, 0.4) is 0 Å². The number of carbonyl (C=O) groups excluding carboxylic acids is 1. The van der Waals surface area contributed by atoms with E-state index in [1.165, 1.54) is 19.3 Å². The molecule has 0 unspecified atom stereocenters. The number of fused-ring (bicyclic) bond motifs is 1. The number of H-pyrrole nitrogens is 1. The number of hydrogen-bond donors (Lipinski definition) is 3. The monoisotopic (exact) mass is 547 g/mol. The highest BCUT2D eigenvalue weighted by Crippen LogP contribution is 2.38. The molecule has 1 aromatic carbocycles. The quantitative estimate of drug-likeness (QED) is 0.434. The third-order valence-corrected chi connectivity index (χ3v) is 8.11. The predicted octanol–water partition coefficient (Wildman–Crippen LogP) is 2.59. The minimum Gasteiger partial charge on any atom is -0.494 e. The molecule has 9 nitrogen and oxygen atoms in total. The minimum absolute atomic E-state index is 0.104. The van der Waals surface area contributed by atoms with E-state index in [9.17, 15) is 18.3 Å². The number of piperazine rings is 1. The zero-order valence-electron chi connectivity index (χ0n) is 18.9. The van der Waals surface area contributed by atoms with Crippen molar-refractivity contribution in [3.63, 3.8) is 0 Å². The zero-order valence-corrected chi connectivity index (χ0v) is 21.3. The second kappa shape index (κ2) is 9.77. The lowest BCUT2D eigenvalue weighted by atomic mass is 10.1. The SMILES string of the molecule is CNC(=O)c1cc2c(-c3ccc(S(=O)(=O)CC=CN4CCN(C)CC4)cn3)c(O)[nH]c2cc1Br. The topological polar surface area (TPSA) is 119 Å². The number of benzene rings is 1. The van der Waals surface area contributed by atoms with Crippen LogP contribution >= 0.6 is 15.9 Å². The molecular formula is C23H26BrN5O4S. The summed E-state index contributed by atoms with van der Waals surface area (Å²) in [6.45, 7) is 3.64. The van der Waals surface area contributed by atoms with E-state index >= 15 is 0 Å². The molecule has 1 aliphatic heterocycles. The molecule has 0 atom stereocenters. The first-order chi connectivity index (χ1) is 16.2. The molecular weight excluding hydrogens is 522 g/mol. The van der Waals surface area contributed by atoms with Crippen molar-refractivity contribution in [3.8, 4) is 17.1 Å². The van der Waals surface area contributed by atoms with Crippen molar-refractivity contribution in [3.05, 3.63) is 52.8 Å². The molecule has 0 bridgehead atoms. The summed E-state index contributed by atoms with van der Waals surface area (Å²) in [5.74, 6) is -0.518. The first-order valence-electron chi connectivity index (χ1n) is 10.7. The molecule has 34 heavy (non-hydrogen) atoms. The molecule has 3 N–H and O–H groups in total. The molecule has 0 aliphatic carbocycles. The van der Waals surface area contributed by atoms with Crippen LogP contribution in [0.15, 0.2) is 52.1 Å². The fraction of sp³-hybridized carbons (Fsp3) is 0.304. The molecule has 4 rings (SSSR count). The number of amides is 1. The van der Waals surface area contributed by atoms with Gasteiger partial charge < -0.3 is 25.2 Å². The van der Waals surface area contributed by atoms with Crippen molar-refractivity contribution >= 4 is 42.6 Å². The first kappa shape index (κ1) is 24.2. The van der Waals surface area contributed by atoms with E-state index in [2.05, 4.69) is 48.1 Å². The number of aromatic amines is 1. The van der Waals surface area contributed by atoms with Crippen LogP contribution in [0.25, 0.3) is 22.2 Å². The summed E-state index contributed by atoms with van der Waals surface area (Å²) in [5.41, 5.74) is 1.80. The highest BCUT2D eigenvalue weighted by atomic mass is 79.9. The largest absolute Gasteiger partial charge is 0.494 e. The molecule has 1 aliphatic rings. The molecule has 1 amide bonds. The Bertz CT molecular complexity index is 1340. The van der Waals surface area contributed by atoms with Gasteiger partial charge in [-0.3, -0.25) is 9.78 Å². The van der Waals surface area contributed by atoms with Gasteiger partial charge in [-0.25, -0.2) is 8.42 Å². The molecule has 1 saturated heterocycles. The number of aromatic nitrogens is 2. The van der Waals surface area contributed by atoms with Crippen LogP contribution in [-0.4, -0.2) is 85.2 Å². The van der Waals surface area contributed by atoms with Gasteiger partial charge in [-0.15, -0.1) is 0 Å². The number of carbonyl (C=O) groups is 1. The van der Waals surface area contributed by atoms with E-state index in [4.69, 9.17) is 0 Å². The van der Waals surface area contributed by atoms with Gasteiger partial charge in [-0.2, -0.15) is 0 Å². The van der Waals surface area contributed by atoms with Crippen LogP contribution in [0, 0.1) is 0 Å². The summed E-state index contributed by atoms with van der Waals surface area (Å²) in [5, 5.41) is 13.7. The maximum atomic E-state index is 12.8. The molecule has 0 radical (unpaired) electrons. The van der Waals surface area contributed by atoms with Crippen LogP contribution in [0.1, 0.15) is 10.4 Å². The minimum atomic E-state index is -3.55. The Balaban J connectivity index is 1.57. The second-order valence-electron chi connectivity index (χ2n) is 8.19. The van der Waals surface area contributed by atoms with Gasteiger partial charge in [0.2, 0.25) is 0 Å². The molecule has 11 heteroatoms. The van der Waals surface area contributed by atoms with Gasteiger partial charge in [-0.05, 0) is 53.4 Å². The van der Waals surface area contributed by atoms with E-state index in [1.807, 2.05) is 6.20 Å². The molecule has 3 aromatic rings. The summed E-state index contributed by atoms with van der Waals surface area (Å²) in [6, 6.07) is 6.40. The second-order valence-corrected chi connectivity index (χ2v) is 11.1. The Kier molecular flexibility index (Phi) is 6.96. The fourth-order valence-electron chi connectivity index (χ4n) is 3.87. The van der Waals surface area contributed by atoms with E-state index in [-0.39, 0.29) is 22.4 Å². The van der Waals surface area contributed by atoms with Crippen molar-refractivity contribution in [2.24, 2.45) is 0 Å². The fourth-order valence-corrected chi connectivity index (χ4v) is 5.41. The van der Waals surface area contributed by atoms with Crippen LogP contribution in [0.2, 0.25) is 0 Å². The molecule has 3 heterocycles. The Hall–Kier alpha value is -2.89. The van der Waals surface area contributed by atoms with Crippen molar-refractivity contribution in [2.45, 2.75) is 4.90 Å². The van der Waals surface area contributed by atoms with E-state index in [1.54, 1.807) is 24.3 Å². The predicted molar refractivity (Wildman–Crippen MR) is 135 cm³/mol. The number of hydrogen-bond acceptors (Lipinski definition) is 7. The number of sulfone groups is 1. The van der Waals surface area contributed by atoms with Gasteiger partial charge in [0.1, 0.15) is 0 Å². The Labute approximate surface area is 206 Å². The number of halogens is 1. The lowest BCUT2D eigenvalue weighted by Gasteiger charge is -2.31. The van der Waals surface area contributed by atoms with Crippen LogP contribution in [0.4, 0.5) is 0 Å². The Morgan fingerprint density at radius 2 is 2.00 bits per heavy atom. The number of rotatable bonds is 6. The van der Waals surface area contributed by atoms with Gasteiger partial charge in [0.05, 0.1) is 33.0 Å². The third-order valence-electron chi connectivity index (χ3n) is 5.86. The van der Waals surface area contributed by atoms with Gasteiger partial charge in [0.15, 0.2) is 15.7 Å². The highest BCUT2D eigenvalue weighted by molar-refractivity contribution is 9.10. The van der Waals surface area contributed by atoms with Crippen molar-refractivity contribution in [2.75, 3.05) is 46.0 Å². The van der Waals surface area contributed by atoms with Gasteiger partial charge >= 0.3 is 0 Å². The highest BCUT2D eigenvalue weighted by Gasteiger charge is 2.20. The smallest absolute Gasteiger partial charge is 0.252 e. The first-order valence-corrected chi connectivity index (χ1v) is 13.2. The normalized spacial score (nSPS) is 15.3. The van der Waals surface area contributed by atoms with Crippen LogP contribution in [-0.2, 0) is 9.84 Å². The van der Waals surface area contributed by atoms with Gasteiger partial charge in [0, 0.05) is 49.3 Å². The summed E-state index contributed by atoms with van der Waals surface area (Å²) < 4.78 is 26.1. The van der Waals surface area contributed by atoms with Crippen molar-refractivity contribution in [1.82, 2.24) is 25.1 Å². The van der Waals surface area contributed by atoms with Gasteiger partial charge in [0.25, 0.3) is 5.91 Å². The van der Waals surface area contributed by atoms with Crippen LogP contribution in [0.5, 0.6) is 5.88 Å². The number of nitrogens with one attached hydrogen (secondary N) is 2. The molecule has 0 spiro atoms. The summed E-state index contributed by atoms with van der Waals surface area (Å²) >= 11 is 3.37. The maximum Gasteiger partial charge on any atom is 0.252 e. The zero-order chi connectivity index (χ0) is 24.5. The Morgan fingerprint density at radius 3 is 2.65 bits per heavy atom. The molecule has 0 saturated carbocycles. The number of likely N-dealkylation sites (N-methyl/N-ethyl adjacent to an activating group) is 1. The van der Waals surface area contributed by atoms with Crippen molar-refractivity contribution < 1.29 is 18.3 Å². The Morgan fingerprint density at radius 1 is 1.26 bits per heavy atom. The van der Waals surface area contributed by atoms with Crippen LogP contribution < -0.4 is 5.32 Å².